The third kappa shape index (κ3) is 6.45. The summed E-state index contributed by atoms with van der Waals surface area (Å²) >= 11 is 0. The Morgan fingerprint density at radius 3 is 2.52 bits per heavy atom. The maximum absolute atomic E-state index is 12.3. The van der Waals surface area contributed by atoms with Gasteiger partial charge >= 0.3 is 0 Å². The second-order valence-electron chi connectivity index (χ2n) is 4.94. The standard InChI is InChI=1S/C17H26N2O2/c1-3-18-14(2)17(19-12-13-20)16(21)11-7-10-15-8-5-4-6-9-15/h4-6,8-9,18-20H,3,7,10-13H2,1-2H3/b17-14-. The van der Waals surface area contributed by atoms with Gasteiger partial charge in [-0.1, -0.05) is 30.3 Å². The number of Topliss-reactive ketones (excluding diaryl/α,β-unsaturated/α-hetero) is 1. The van der Waals surface area contributed by atoms with Gasteiger partial charge < -0.3 is 15.7 Å². The summed E-state index contributed by atoms with van der Waals surface area (Å²) in [4.78, 5) is 12.3. The normalized spacial score (nSPS) is 11.8. The van der Waals surface area contributed by atoms with Crippen molar-refractivity contribution in [2.24, 2.45) is 0 Å². The van der Waals surface area contributed by atoms with Gasteiger partial charge in [0.1, 0.15) is 0 Å². The SMILES string of the molecule is CCN/C(C)=C(\NCCO)C(=O)CCCc1ccccc1. The fourth-order valence-corrected chi connectivity index (χ4v) is 2.20. The number of hydrogen-bond acceptors (Lipinski definition) is 4. The minimum Gasteiger partial charge on any atom is -0.395 e. The van der Waals surface area contributed by atoms with E-state index in [1.165, 1.54) is 5.56 Å². The molecular weight excluding hydrogens is 264 g/mol. The van der Waals surface area contributed by atoms with Gasteiger partial charge in [-0.25, -0.2) is 0 Å². The number of benzene rings is 1. The molecule has 1 aromatic rings. The highest BCUT2D eigenvalue weighted by Crippen LogP contribution is 2.09. The Labute approximate surface area is 127 Å². The minimum atomic E-state index is 0.0141. The molecule has 0 aromatic heterocycles. The lowest BCUT2D eigenvalue weighted by molar-refractivity contribution is -0.116. The van der Waals surface area contributed by atoms with Crippen LogP contribution in [0.4, 0.5) is 0 Å². The zero-order valence-corrected chi connectivity index (χ0v) is 13.0. The summed E-state index contributed by atoms with van der Waals surface area (Å²) in [7, 11) is 0. The van der Waals surface area contributed by atoms with E-state index in [2.05, 4.69) is 22.8 Å². The quantitative estimate of drug-likeness (QED) is 0.577. The highest BCUT2D eigenvalue weighted by molar-refractivity contribution is 5.95. The first-order valence-electron chi connectivity index (χ1n) is 7.55. The summed E-state index contributed by atoms with van der Waals surface area (Å²) in [5.41, 5.74) is 2.69. The van der Waals surface area contributed by atoms with Crippen molar-refractivity contribution < 1.29 is 9.90 Å². The van der Waals surface area contributed by atoms with Gasteiger partial charge in [-0.05, 0) is 32.3 Å². The van der Waals surface area contributed by atoms with Crippen LogP contribution in [0.2, 0.25) is 0 Å². The van der Waals surface area contributed by atoms with Gasteiger partial charge in [-0.3, -0.25) is 4.79 Å². The van der Waals surface area contributed by atoms with Crippen LogP contribution in [0, 0.1) is 0 Å². The van der Waals surface area contributed by atoms with Crippen LogP contribution in [0.3, 0.4) is 0 Å². The van der Waals surface area contributed by atoms with Gasteiger partial charge in [0.2, 0.25) is 0 Å². The minimum absolute atomic E-state index is 0.0141. The second kappa shape index (κ2) is 10.00. The predicted octanol–water partition coefficient (Wildman–Crippen LogP) is 2.00. The summed E-state index contributed by atoms with van der Waals surface area (Å²) in [5.74, 6) is 0.0952. The predicted molar refractivity (Wildman–Crippen MR) is 85.9 cm³/mol. The van der Waals surface area contributed by atoms with Crippen molar-refractivity contribution in [1.82, 2.24) is 10.6 Å². The first kappa shape index (κ1) is 17.2. The number of ketones is 1. The lowest BCUT2D eigenvalue weighted by Gasteiger charge is -2.14. The highest BCUT2D eigenvalue weighted by Gasteiger charge is 2.12. The van der Waals surface area contributed by atoms with Crippen molar-refractivity contribution in [3.8, 4) is 0 Å². The van der Waals surface area contributed by atoms with Gasteiger partial charge in [0.05, 0.1) is 12.3 Å². The topological polar surface area (TPSA) is 61.4 Å². The van der Waals surface area contributed by atoms with Crippen molar-refractivity contribution >= 4 is 5.78 Å². The molecule has 0 fully saturated rings. The van der Waals surface area contributed by atoms with Crippen molar-refractivity contribution in [1.29, 1.82) is 0 Å². The molecule has 0 saturated carbocycles. The Morgan fingerprint density at radius 1 is 1.19 bits per heavy atom. The molecule has 0 amide bonds. The van der Waals surface area contributed by atoms with Crippen LogP contribution >= 0.6 is 0 Å². The molecule has 21 heavy (non-hydrogen) atoms. The second-order valence-corrected chi connectivity index (χ2v) is 4.94. The van der Waals surface area contributed by atoms with E-state index in [4.69, 9.17) is 5.11 Å². The number of carbonyl (C=O) groups excluding carboxylic acids is 1. The number of carbonyl (C=O) groups is 1. The molecule has 4 nitrogen and oxygen atoms in total. The summed E-state index contributed by atoms with van der Waals surface area (Å²) < 4.78 is 0. The Morgan fingerprint density at radius 2 is 1.90 bits per heavy atom. The van der Waals surface area contributed by atoms with Gasteiger partial charge in [0, 0.05) is 25.2 Å². The molecule has 0 saturated heterocycles. The van der Waals surface area contributed by atoms with E-state index in [9.17, 15) is 4.79 Å². The lowest BCUT2D eigenvalue weighted by atomic mass is 10.0. The molecule has 0 aliphatic rings. The van der Waals surface area contributed by atoms with Crippen LogP contribution in [0.1, 0.15) is 32.3 Å². The number of allylic oxidation sites excluding steroid dienone is 2. The van der Waals surface area contributed by atoms with Crippen LogP contribution in [-0.2, 0) is 11.2 Å². The molecule has 0 aliphatic heterocycles. The van der Waals surface area contributed by atoms with Gasteiger partial charge in [-0.15, -0.1) is 0 Å². The van der Waals surface area contributed by atoms with E-state index in [1.807, 2.05) is 32.0 Å². The number of hydrogen-bond donors (Lipinski definition) is 3. The monoisotopic (exact) mass is 290 g/mol. The summed E-state index contributed by atoms with van der Waals surface area (Å²) in [5, 5.41) is 15.1. The first-order chi connectivity index (χ1) is 10.2. The molecule has 116 valence electrons. The first-order valence-corrected chi connectivity index (χ1v) is 7.55. The average molecular weight is 290 g/mol. The van der Waals surface area contributed by atoms with Crippen LogP contribution in [-0.4, -0.2) is 30.6 Å². The van der Waals surface area contributed by atoms with Crippen LogP contribution in [0.5, 0.6) is 0 Å². The summed E-state index contributed by atoms with van der Waals surface area (Å²) in [6.07, 6.45) is 2.23. The number of aryl methyl sites for hydroxylation is 1. The summed E-state index contributed by atoms with van der Waals surface area (Å²) in [6, 6.07) is 10.2. The zero-order valence-electron chi connectivity index (χ0n) is 13.0. The summed E-state index contributed by atoms with van der Waals surface area (Å²) in [6.45, 7) is 5.06. The largest absolute Gasteiger partial charge is 0.395 e. The van der Waals surface area contributed by atoms with E-state index in [-0.39, 0.29) is 12.4 Å². The molecule has 4 heteroatoms. The molecule has 0 spiro atoms. The number of aliphatic hydroxyl groups is 1. The Hall–Kier alpha value is -1.81. The van der Waals surface area contributed by atoms with E-state index in [0.29, 0.717) is 18.7 Å². The van der Waals surface area contributed by atoms with Gasteiger partial charge in [-0.2, -0.15) is 0 Å². The van der Waals surface area contributed by atoms with E-state index in [0.717, 1.165) is 25.1 Å². The highest BCUT2D eigenvalue weighted by atomic mass is 16.3. The Bertz CT molecular complexity index is 455. The van der Waals surface area contributed by atoms with Gasteiger partial charge in [0.15, 0.2) is 5.78 Å². The van der Waals surface area contributed by atoms with Crippen molar-refractivity contribution in [3.05, 3.63) is 47.3 Å². The third-order valence-electron chi connectivity index (χ3n) is 3.22. The van der Waals surface area contributed by atoms with E-state index < -0.39 is 0 Å². The lowest BCUT2D eigenvalue weighted by Crippen LogP contribution is -2.28. The van der Waals surface area contributed by atoms with Crippen LogP contribution < -0.4 is 10.6 Å². The number of nitrogens with one attached hydrogen (secondary N) is 2. The molecule has 1 aromatic carbocycles. The van der Waals surface area contributed by atoms with E-state index in [1.54, 1.807) is 0 Å². The van der Waals surface area contributed by atoms with Crippen LogP contribution in [0.25, 0.3) is 0 Å². The van der Waals surface area contributed by atoms with Crippen molar-refractivity contribution in [2.45, 2.75) is 33.1 Å². The fraction of sp³-hybridized carbons (Fsp3) is 0.471. The fourth-order valence-electron chi connectivity index (χ4n) is 2.20. The zero-order chi connectivity index (χ0) is 15.5. The maximum Gasteiger partial charge on any atom is 0.180 e. The van der Waals surface area contributed by atoms with E-state index >= 15 is 0 Å². The molecule has 0 heterocycles. The van der Waals surface area contributed by atoms with Crippen LogP contribution in [0.15, 0.2) is 41.7 Å². The third-order valence-corrected chi connectivity index (χ3v) is 3.22. The molecular formula is C17H26N2O2. The van der Waals surface area contributed by atoms with Crippen molar-refractivity contribution in [2.75, 3.05) is 19.7 Å². The Balaban J connectivity index is 2.54. The molecule has 0 radical (unpaired) electrons. The number of rotatable bonds is 10. The van der Waals surface area contributed by atoms with Crippen molar-refractivity contribution in [3.63, 3.8) is 0 Å². The van der Waals surface area contributed by atoms with Gasteiger partial charge in [0.25, 0.3) is 0 Å². The number of aliphatic hydroxyl groups excluding tert-OH is 1. The molecule has 3 N–H and O–H groups in total. The molecule has 0 bridgehead atoms. The smallest absolute Gasteiger partial charge is 0.180 e. The Kier molecular flexibility index (Phi) is 8.21. The maximum atomic E-state index is 12.3. The molecule has 0 aliphatic carbocycles. The molecule has 0 unspecified atom stereocenters. The molecule has 0 atom stereocenters. The molecule has 1 rings (SSSR count). The average Bonchev–Trinajstić information content (AvgIpc) is 2.49.